The van der Waals surface area contributed by atoms with Gasteiger partial charge in [-0.3, -0.25) is 9.69 Å². The Labute approximate surface area is 89.9 Å². The monoisotopic (exact) mass is 217 g/mol. The summed E-state index contributed by atoms with van der Waals surface area (Å²) >= 11 is 1.77. The van der Waals surface area contributed by atoms with Crippen LogP contribution in [-0.4, -0.2) is 45.6 Å². The summed E-state index contributed by atoms with van der Waals surface area (Å²) in [6.07, 6.45) is 0.774. The van der Waals surface area contributed by atoms with Crippen molar-refractivity contribution >= 4 is 17.7 Å². The Bertz CT molecular complexity index is 218. The van der Waals surface area contributed by atoms with Crippen LogP contribution in [0.5, 0.6) is 0 Å². The molecule has 0 aromatic heterocycles. The van der Waals surface area contributed by atoms with Crippen LogP contribution in [-0.2, 0) is 4.79 Å². The van der Waals surface area contributed by atoms with Gasteiger partial charge in [0.1, 0.15) is 5.54 Å². The highest BCUT2D eigenvalue weighted by atomic mass is 32.2. The van der Waals surface area contributed by atoms with Gasteiger partial charge in [0.15, 0.2) is 0 Å². The molecule has 0 aromatic carbocycles. The first-order chi connectivity index (χ1) is 6.59. The van der Waals surface area contributed by atoms with E-state index in [-0.39, 0.29) is 5.25 Å². The summed E-state index contributed by atoms with van der Waals surface area (Å²) in [7, 11) is 0. The highest BCUT2D eigenvalue weighted by Crippen LogP contribution is 2.40. The molecule has 1 aliphatic rings. The lowest BCUT2D eigenvalue weighted by Gasteiger charge is -2.39. The smallest absolute Gasteiger partial charge is 0.325 e. The normalized spacial score (nSPS) is 32.4. The second-order valence-corrected chi connectivity index (χ2v) is 5.11. The molecule has 0 radical (unpaired) electrons. The van der Waals surface area contributed by atoms with E-state index in [1.54, 1.807) is 11.8 Å². The van der Waals surface area contributed by atoms with Crippen molar-refractivity contribution in [1.82, 2.24) is 4.90 Å². The second-order valence-electron chi connectivity index (χ2n) is 3.66. The Morgan fingerprint density at radius 3 is 2.43 bits per heavy atom. The van der Waals surface area contributed by atoms with Crippen LogP contribution in [0.2, 0.25) is 0 Å². The molecule has 0 aromatic rings. The standard InChI is InChI=1S/C10H19NO2S/c1-4-11(5-2)10(9(12)13)6-7-14-8(10)3/h8H,4-7H2,1-3H3,(H,12,13). The first kappa shape index (κ1) is 11.9. The van der Waals surface area contributed by atoms with E-state index in [0.717, 1.165) is 25.3 Å². The Morgan fingerprint density at radius 2 is 2.14 bits per heavy atom. The Kier molecular flexibility index (Phi) is 3.84. The van der Waals surface area contributed by atoms with E-state index in [4.69, 9.17) is 0 Å². The Morgan fingerprint density at radius 1 is 1.57 bits per heavy atom. The molecule has 0 bridgehead atoms. The quantitative estimate of drug-likeness (QED) is 0.778. The van der Waals surface area contributed by atoms with E-state index < -0.39 is 11.5 Å². The highest BCUT2D eigenvalue weighted by molar-refractivity contribution is 8.00. The van der Waals surface area contributed by atoms with E-state index >= 15 is 0 Å². The van der Waals surface area contributed by atoms with E-state index in [0.29, 0.717) is 0 Å². The number of aliphatic carboxylic acids is 1. The van der Waals surface area contributed by atoms with Gasteiger partial charge in [-0.1, -0.05) is 20.8 Å². The third-order valence-electron chi connectivity index (χ3n) is 3.22. The van der Waals surface area contributed by atoms with Gasteiger partial charge in [0, 0.05) is 5.25 Å². The van der Waals surface area contributed by atoms with Crippen molar-refractivity contribution in [2.75, 3.05) is 18.8 Å². The minimum atomic E-state index is -0.654. The lowest BCUT2D eigenvalue weighted by Crippen LogP contribution is -2.58. The van der Waals surface area contributed by atoms with Crippen molar-refractivity contribution in [1.29, 1.82) is 0 Å². The molecule has 3 nitrogen and oxygen atoms in total. The van der Waals surface area contributed by atoms with Crippen molar-refractivity contribution in [2.45, 2.75) is 38.0 Å². The van der Waals surface area contributed by atoms with Crippen LogP contribution in [0.25, 0.3) is 0 Å². The maximum Gasteiger partial charge on any atom is 0.325 e. The predicted octanol–water partition coefficient (Wildman–Crippen LogP) is 1.68. The highest BCUT2D eigenvalue weighted by Gasteiger charge is 2.51. The van der Waals surface area contributed by atoms with Crippen molar-refractivity contribution < 1.29 is 9.90 Å². The molecule has 0 amide bonds. The van der Waals surface area contributed by atoms with Crippen LogP contribution in [0.15, 0.2) is 0 Å². The molecule has 2 unspecified atom stereocenters. The number of rotatable bonds is 4. The van der Waals surface area contributed by atoms with Crippen LogP contribution in [0.3, 0.4) is 0 Å². The van der Waals surface area contributed by atoms with Crippen LogP contribution in [0.1, 0.15) is 27.2 Å². The summed E-state index contributed by atoms with van der Waals surface area (Å²) in [5.74, 6) is 0.308. The number of carboxylic acids is 1. The molecule has 1 N–H and O–H groups in total. The van der Waals surface area contributed by atoms with Gasteiger partial charge >= 0.3 is 5.97 Å². The molecule has 82 valence electrons. The minimum Gasteiger partial charge on any atom is -0.480 e. The third-order valence-corrected chi connectivity index (χ3v) is 4.55. The SMILES string of the molecule is CCN(CC)C1(C(=O)O)CCSC1C. The zero-order chi connectivity index (χ0) is 10.8. The van der Waals surface area contributed by atoms with Crippen LogP contribution < -0.4 is 0 Å². The molecule has 0 aliphatic carbocycles. The average molecular weight is 217 g/mol. The second kappa shape index (κ2) is 4.53. The molecule has 0 saturated carbocycles. The summed E-state index contributed by atoms with van der Waals surface area (Å²) in [6.45, 7) is 7.72. The van der Waals surface area contributed by atoms with Gasteiger partial charge in [-0.2, -0.15) is 11.8 Å². The van der Waals surface area contributed by atoms with Crippen molar-refractivity contribution in [3.63, 3.8) is 0 Å². The van der Waals surface area contributed by atoms with Gasteiger partial charge in [0.2, 0.25) is 0 Å². The lowest BCUT2D eigenvalue weighted by molar-refractivity contribution is -0.151. The van der Waals surface area contributed by atoms with E-state index in [2.05, 4.69) is 4.90 Å². The van der Waals surface area contributed by atoms with Gasteiger partial charge in [0.05, 0.1) is 0 Å². The van der Waals surface area contributed by atoms with Crippen molar-refractivity contribution in [3.8, 4) is 0 Å². The van der Waals surface area contributed by atoms with Crippen molar-refractivity contribution in [2.24, 2.45) is 0 Å². The molecular formula is C10H19NO2S. The van der Waals surface area contributed by atoms with Gasteiger partial charge in [-0.25, -0.2) is 0 Å². The van der Waals surface area contributed by atoms with Gasteiger partial charge in [0.25, 0.3) is 0 Å². The fourth-order valence-corrected chi connectivity index (χ4v) is 3.78. The molecule has 2 atom stereocenters. The van der Waals surface area contributed by atoms with Crippen LogP contribution in [0, 0.1) is 0 Å². The third kappa shape index (κ3) is 1.65. The first-order valence-corrected chi connectivity index (χ1v) is 6.24. The number of thioether (sulfide) groups is 1. The number of carbonyl (C=O) groups is 1. The largest absolute Gasteiger partial charge is 0.480 e. The summed E-state index contributed by atoms with van der Waals surface area (Å²) in [6, 6.07) is 0. The fraction of sp³-hybridized carbons (Fsp3) is 0.900. The lowest BCUT2D eigenvalue weighted by atomic mass is 9.90. The summed E-state index contributed by atoms with van der Waals surface area (Å²) in [5, 5.41) is 9.61. The van der Waals surface area contributed by atoms with Gasteiger partial charge in [-0.05, 0) is 25.3 Å². The Balaban J connectivity index is 2.97. The first-order valence-electron chi connectivity index (χ1n) is 5.19. The molecule has 14 heavy (non-hydrogen) atoms. The summed E-state index contributed by atoms with van der Waals surface area (Å²) < 4.78 is 0. The van der Waals surface area contributed by atoms with E-state index in [9.17, 15) is 9.90 Å². The Hall–Kier alpha value is -0.220. The van der Waals surface area contributed by atoms with Crippen LogP contribution in [0.4, 0.5) is 0 Å². The average Bonchev–Trinajstić information content (AvgIpc) is 2.51. The zero-order valence-corrected chi connectivity index (χ0v) is 9.93. The van der Waals surface area contributed by atoms with E-state index in [1.165, 1.54) is 0 Å². The molecule has 1 fully saturated rings. The summed E-state index contributed by atoms with van der Waals surface area (Å²) in [5.41, 5.74) is -0.617. The van der Waals surface area contributed by atoms with E-state index in [1.807, 2.05) is 20.8 Å². The predicted molar refractivity (Wildman–Crippen MR) is 59.8 cm³/mol. The maximum absolute atomic E-state index is 11.4. The number of likely N-dealkylation sites (N-methyl/N-ethyl adjacent to an activating group) is 1. The van der Waals surface area contributed by atoms with Gasteiger partial charge < -0.3 is 5.11 Å². The topological polar surface area (TPSA) is 40.5 Å². The summed E-state index contributed by atoms with van der Waals surface area (Å²) in [4.78, 5) is 13.5. The van der Waals surface area contributed by atoms with Gasteiger partial charge in [-0.15, -0.1) is 0 Å². The number of nitrogens with zero attached hydrogens (tertiary/aromatic N) is 1. The number of hydrogen-bond acceptors (Lipinski definition) is 3. The molecule has 1 aliphatic heterocycles. The molecule has 1 rings (SSSR count). The zero-order valence-electron chi connectivity index (χ0n) is 9.12. The maximum atomic E-state index is 11.4. The molecule has 1 saturated heterocycles. The minimum absolute atomic E-state index is 0.194. The molecular weight excluding hydrogens is 198 g/mol. The molecule has 0 spiro atoms. The van der Waals surface area contributed by atoms with Crippen molar-refractivity contribution in [3.05, 3.63) is 0 Å². The molecule has 4 heteroatoms. The number of hydrogen-bond donors (Lipinski definition) is 1. The fourth-order valence-electron chi connectivity index (χ4n) is 2.35. The number of carboxylic acid groups (broad SMARTS) is 1. The van der Waals surface area contributed by atoms with Crippen LogP contribution >= 0.6 is 11.8 Å². The molecule has 1 heterocycles.